The van der Waals surface area contributed by atoms with Crippen LogP contribution < -0.4 is 9.21 Å². The minimum atomic E-state index is -4.21. The molecule has 0 heterocycles. The summed E-state index contributed by atoms with van der Waals surface area (Å²) in [5.41, 5.74) is 0.811. The maximum atomic E-state index is 13.3. The topological polar surface area (TPSA) is 93.1 Å². The molecule has 0 unspecified atom stereocenters. The zero-order valence-electron chi connectivity index (χ0n) is 15.6. The van der Waals surface area contributed by atoms with Crippen molar-refractivity contribution >= 4 is 21.7 Å². The Balaban J connectivity index is 2.02. The van der Waals surface area contributed by atoms with E-state index in [1.807, 2.05) is 30.3 Å². The van der Waals surface area contributed by atoms with Gasteiger partial charge in [-0.05, 0) is 35.9 Å². The SMILES string of the molecule is COc1ccc(S(=O)(=O)N(OCc2ccccc2)c2ccccc2)cc1C(=O)O. The Hall–Kier alpha value is -3.36. The van der Waals surface area contributed by atoms with Crippen LogP contribution in [0, 0.1) is 0 Å². The van der Waals surface area contributed by atoms with Gasteiger partial charge in [0.15, 0.2) is 0 Å². The number of rotatable bonds is 8. The highest BCUT2D eigenvalue weighted by Crippen LogP contribution is 2.28. The molecular formula is C21H19NO6S. The number of methoxy groups -OCH3 is 1. The first-order valence-electron chi connectivity index (χ1n) is 8.62. The number of carboxylic acid groups (broad SMARTS) is 1. The van der Waals surface area contributed by atoms with Crippen molar-refractivity contribution < 1.29 is 27.9 Å². The van der Waals surface area contributed by atoms with Gasteiger partial charge in [-0.3, -0.25) is 4.84 Å². The summed E-state index contributed by atoms with van der Waals surface area (Å²) in [6, 6.07) is 21.0. The third kappa shape index (κ3) is 4.56. The summed E-state index contributed by atoms with van der Waals surface area (Å²) in [5.74, 6) is -1.23. The van der Waals surface area contributed by atoms with Gasteiger partial charge in [-0.15, -0.1) is 4.47 Å². The van der Waals surface area contributed by atoms with Gasteiger partial charge < -0.3 is 9.84 Å². The van der Waals surface area contributed by atoms with Gasteiger partial charge >= 0.3 is 5.97 Å². The summed E-state index contributed by atoms with van der Waals surface area (Å²) < 4.78 is 32.4. The second-order valence-electron chi connectivity index (χ2n) is 5.99. The molecule has 0 saturated carbocycles. The highest BCUT2D eigenvalue weighted by atomic mass is 32.2. The van der Waals surface area contributed by atoms with Crippen molar-refractivity contribution in [2.75, 3.05) is 11.6 Å². The average Bonchev–Trinajstić information content (AvgIpc) is 2.74. The van der Waals surface area contributed by atoms with Crippen LogP contribution in [0.4, 0.5) is 5.69 Å². The van der Waals surface area contributed by atoms with Crippen LogP contribution in [0.3, 0.4) is 0 Å². The number of aromatic carboxylic acids is 1. The number of hydrogen-bond acceptors (Lipinski definition) is 5. The Bertz CT molecular complexity index is 1080. The molecular weight excluding hydrogens is 394 g/mol. The van der Waals surface area contributed by atoms with E-state index in [0.29, 0.717) is 0 Å². The number of sulfonamides is 1. The predicted octanol–water partition coefficient (Wildman–Crippen LogP) is 3.72. The monoisotopic (exact) mass is 413 g/mol. The zero-order chi connectivity index (χ0) is 20.9. The number of carbonyl (C=O) groups is 1. The lowest BCUT2D eigenvalue weighted by molar-refractivity contribution is 0.0693. The molecule has 0 radical (unpaired) electrons. The van der Waals surface area contributed by atoms with Crippen LogP contribution in [0.2, 0.25) is 0 Å². The Labute approximate surface area is 168 Å². The highest BCUT2D eigenvalue weighted by Gasteiger charge is 2.28. The van der Waals surface area contributed by atoms with E-state index in [4.69, 9.17) is 9.57 Å². The van der Waals surface area contributed by atoms with Crippen molar-refractivity contribution in [2.24, 2.45) is 0 Å². The largest absolute Gasteiger partial charge is 0.496 e. The normalized spacial score (nSPS) is 11.1. The van der Waals surface area contributed by atoms with Gasteiger partial charge in [0, 0.05) is 0 Å². The standard InChI is InChI=1S/C21H19NO6S/c1-27-20-13-12-18(14-19(20)21(23)24)29(25,26)22(17-10-6-3-7-11-17)28-15-16-8-4-2-5-9-16/h2-14H,15H2,1H3,(H,23,24). The van der Waals surface area contributed by atoms with Crippen LogP contribution in [-0.4, -0.2) is 26.6 Å². The van der Waals surface area contributed by atoms with E-state index >= 15 is 0 Å². The van der Waals surface area contributed by atoms with Crippen molar-refractivity contribution in [3.05, 3.63) is 90.0 Å². The maximum absolute atomic E-state index is 13.3. The molecule has 29 heavy (non-hydrogen) atoms. The van der Waals surface area contributed by atoms with Gasteiger partial charge in [0.2, 0.25) is 0 Å². The second-order valence-corrected chi connectivity index (χ2v) is 7.75. The second kappa shape index (κ2) is 8.76. The molecule has 0 fully saturated rings. The van der Waals surface area contributed by atoms with Crippen LogP contribution in [-0.2, 0) is 21.5 Å². The van der Waals surface area contributed by atoms with Gasteiger partial charge in [0.25, 0.3) is 10.0 Å². The maximum Gasteiger partial charge on any atom is 0.339 e. The van der Waals surface area contributed by atoms with Crippen molar-refractivity contribution in [1.82, 2.24) is 0 Å². The number of hydrogen-bond donors (Lipinski definition) is 1. The number of carboxylic acids is 1. The summed E-state index contributed by atoms with van der Waals surface area (Å²) in [7, 11) is -2.90. The molecule has 0 aliphatic heterocycles. The van der Waals surface area contributed by atoms with Crippen molar-refractivity contribution in [3.8, 4) is 5.75 Å². The van der Waals surface area contributed by atoms with Crippen LogP contribution in [0.15, 0.2) is 83.8 Å². The van der Waals surface area contributed by atoms with Crippen LogP contribution in [0.5, 0.6) is 5.75 Å². The number of ether oxygens (including phenoxy) is 1. The van der Waals surface area contributed by atoms with E-state index in [2.05, 4.69) is 0 Å². The lowest BCUT2D eigenvalue weighted by Gasteiger charge is -2.24. The van der Waals surface area contributed by atoms with Gasteiger partial charge in [-0.1, -0.05) is 48.5 Å². The van der Waals surface area contributed by atoms with Crippen LogP contribution >= 0.6 is 0 Å². The number of anilines is 1. The molecule has 150 valence electrons. The molecule has 8 heteroatoms. The van der Waals surface area contributed by atoms with E-state index in [1.165, 1.54) is 19.2 Å². The van der Waals surface area contributed by atoms with E-state index in [-0.39, 0.29) is 28.5 Å². The number of nitrogens with zero attached hydrogens (tertiary/aromatic N) is 1. The highest BCUT2D eigenvalue weighted by molar-refractivity contribution is 7.92. The van der Waals surface area contributed by atoms with Gasteiger partial charge in [-0.2, -0.15) is 8.42 Å². The molecule has 0 spiro atoms. The third-order valence-electron chi connectivity index (χ3n) is 4.08. The Morgan fingerprint density at radius 1 is 0.966 bits per heavy atom. The molecule has 1 N–H and O–H groups in total. The Kier molecular flexibility index (Phi) is 6.16. The first-order valence-corrected chi connectivity index (χ1v) is 10.1. The molecule has 7 nitrogen and oxygen atoms in total. The Morgan fingerprint density at radius 3 is 2.17 bits per heavy atom. The molecule has 0 aliphatic carbocycles. The van der Waals surface area contributed by atoms with Crippen molar-refractivity contribution in [1.29, 1.82) is 0 Å². The van der Waals surface area contributed by atoms with Crippen molar-refractivity contribution in [2.45, 2.75) is 11.5 Å². The molecule has 0 bridgehead atoms. The quantitative estimate of drug-likeness (QED) is 0.566. The molecule has 0 aliphatic rings. The molecule has 3 rings (SSSR count). The van der Waals surface area contributed by atoms with E-state index in [9.17, 15) is 18.3 Å². The van der Waals surface area contributed by atoms with Gasteiger partial charge in [0.1, 0.15) is 17.9 Å². The van der Waals surface area contributed by atoms with E-state index in [1.54, 1.807) is 30.3 Å². The summed E-state index contributed by atoms with van der Waals surface area (Å²) >= 11 is 0. The molecule has 0 atom stereocenters. The molecule has 0 saturated heterocycles. The minimum Gasteiger partial charge on any atom is -0.496 e. The molecule has 0 amide bonds. The predicted molar refractivity (Wildman–Crippen MR) is 107 cm³/mol. The number of benzene rings is 3. The third-order valence-corrected chi connectivity index (χ3v) is 5.68. The molecule has 3 aromatic rings. The van der Waals surface area contributed by atoms with Crippen molar-refractivity contribution in [3.63, 3.8) is 0 Å². The lowest BCUT2D eigenvalue weighted by atomic mass is 10.2. The zero-order valence-corrected chi connectivity index (χ0v) is 16.4. The smallest absolute Gasteiger partial charge is 0.339 e. The fourth-order valence-electron chi connectivity index (χ4n) is 2.65. The summed E-state index contributed by atoms with van der Waals surface area (Å²) in [6.45, 7) is 0.0108. The molecule has 3 aromatic carbocycles. The first-order chi connectivity index (χ1) is 13.9. The van der Waals surface area contributed by atoms with Crippen LogP contribution in [0.25, 0.3) is 0 Å². The Morgan fingerprint density at radius 2 is 1.59 bits per heavy atom. The summed E-state index contributed by atoms with van der Waals surface area (Å²) in [5, 5.41) is 9.37. The first kappa shape index (κ1) is 20.4. The molecule has 0 aromatic heterocycles. The van der Waals surface area contributed by atoms with Crippen LogP contribution in [0.1, 0.15) is 15.9 Å². The van der Waals surface area contributed by atoms with Gasteiger partial charge in [-0.25, -0.2) is 4.79 Å². The van der Waals surface area contributed by atoms with Gasteiger partial charge in [0.05, 0.1) is 17.7 Å². The lowest BCUT2D eigenvalue weighted by Crippen LogP contribution is -2.31. The summed E-state index contributed by atoms with van der Waals surface area (Å²) in [4.78, 5) is 16.9. The fourth-order valence-corrected chi connectivity index (χ4v) is 3.94. The minimum absolute atomic E-state index is 0.0108. The number of para-hydroxylation sites is 1. The van der Waals surface area contributed by atoms with E-state index < -0.39 is 16.0 Å². The fraction of sp³-hybridized carbons (Fsp3) is 0.0952. The van der Waals surface area contributed by atoms with E-state index in [0.717, 1.165) is 16.1 Å². The average molecular weight is 413 g/mol. The summed E-state index contributed by atoms with van der Waals surface area (Å²) in [6.07, 6.45) is 0.